The molecular formula is C35H40N8O3. The summed E-state index contributed by atoms with van der Waals surface area (Å²) in [6.07, 6.45) is -0.451. The monoisotopic (exact) mass is 620 g/mol. The molecule has 0 fully saturated rings. The number of hydrogen-bond acceptors (Lipinski definition) is 8. The molecule has 0 bridgehead atoms. The zero-order valence-electron chi connectivity index (χ0n) is 27.1. The third kappa shape index (κ3) is 8.81. The van der Waals surface area contributed by atoms with Gasteiger partial charge in [0.15, 0.2) is 29.2 Å². The lowest BCUT2D eigenvalue weighted by Crippen LogP contribution is -2.32. The Balaban J connectivity index is 1.21. The van der Waals surface area contributed by atoms with Gasteiger partial charge in [0.2, 0.25) is 0 Å². The number of alkyl carbamates (subject to hydrolysis) is 1. The van der Waals surface area contributed by atoms with Crippen molar-refractivity contribution in [3.63, 3.8) is 0 Å². The maximum atomic E-state index is 11.9. The lowest BCUT2D eigenvalue weighted by atomic mass is 10.1. The van der Waals surface area contributed by atoms with Crippen molar-refractivity contribution < 1.29 is 14.3 Å². The molecule has 1 amide bonds. The Morgan fingerprint density at radius 1 is 0.674 bits per heavy atom. The molecule has 0 atom stereocenters. The highest BCUT2D eigenvalue weighted by Gasteiger charge is 2.16. The topological polar surface area (TPSA) is 143 Å². The van der Waals surface area contributed by atoms with E-state index < -0.39 is 11.7 Å². The molecule has 2 heterocycles. The van der Waals surface area contributed by atoms with Crippen molar-refractivity contribution in [3.05, 3.63) is 96.4 Å². The highest BCUT2D eigenvalue weighted by molar-refractivity contribution is 5.69. The van der Waals surface area contributed by atoms with E-state index in [0.717, 1.165) is 33.4 Å². The number of rotatable bonds is 10. The molecule has 4 N–H and O–H groups in total. The normalized spacial score (nSPS) is 11.6. The van der Waals surface area contributed by atoms with Gasteiger partial charge in [-0.05, 0) is 65.3 Å². The molecule has 0 aliphatic carbocycles. The van der Waals surface area contributed by atoms with Gasteiger partial charge in [0.25, 0.3) is 0 Å². The molecule has 0 saturated heterocycles. The summed E-state index contributed by atoms with van der Waals surface area (Å²) >= 11 is 0. The molecule has 46 heavy (non-hydrogen) atoms. The maximum Gasteiger partial charge on any atom is 0.407 e. The average molecular weight is 621 g/mol. The first-order valence-corrected chi connectivity index (χ1v) is 15.0. The number of nitrogens with one attached hydrogen (secondary N) is 4. The van der Waals surface area contributed by atoms with Crippen LogP contribution in [0.25, 0.3) is 45.6 Å². The van der Waals surface area contributed by atoms with E-state index in [-0.39, 0.29) is 5.60 Å². The van der Waals surface area contributed by atoms with Gasteiger partial charge in [-0.2, -0.15) is 10.2 Å². The molecule has 2 aromatic heterocycles. The van der Waals surface area contributed by atoms with E-state index in [1.54, 1.807) is 0 Å². The summed E-state index contributed by atoms with van der Waals surface area (Å²) in [5.41, 5.74) is 4.66. The third-order valence-corrected chi connectivity index (χ3v) is 6.56. The minimum atomic E-state index is -0.542. The van der Waals surface area contributed by atoms with Crippen LogP contribution in [0.5, 0.6) is 0 Å². The minimum Gasteiger partial charge on any atom is -0.474 e. The standard InChI is InChI=1S/C35H40N8O3/c1-22(45-34(2,3)4)36-20-23-11-15-25(16-12-23)29-38-31(42-40-29)27-9-8-10-28(19-27)32-39-30(41-43-32)26-17-13-24(14-18-26)21-37-33(44)46-35(5,6)7/h8-19,36H,1,20-21H2,2-7H3,(H,37,44)(H,38,40,42)(H,39,41,43). The molecule has 0 aliphatic rings. The summed E-state index contributed by atoms with van der Waals surface area (Å²) < 4.78 is 11.0. The quantitative estimate of drug-likeness (QED) is 0.122. The zero-order valence-corrected chi connectivity index (χ0v) is 27.1. The fraction of sp³-hybridized carbons (Fsp3) is 0.286. The second kappa shape index (κ2) is 13.3. The Bertz CT molecular complexity index is 1660. The highest BCUT2D eigenvalue weighted by Crippen LogP contribution is 2.26. The molecule has 0 spiro atoms. The fourth-order valence-corrected chi connectivity index (χ4v) is 4.49. The first kappa shape index (κ1) is 32.0. The molecule has 3 aromatic carbocycles. The van der Waals surface area contributed by atoms with Gasteiger partial charge in [-0.25, -0.2) is 14.8 Å². The van der Waals surface area contributed by atoms with Crippen LogP contribution >= 0.6 is 0 Å². The Hall–Kier alpha value is -5.45. The molecular weight excluding hydrogens is 580 g/mol. The average Bonchev–Trinajstić information content (AvgIpc) is 3.69. The molecule has 11 nitrogen and oxygen atoms in total. The van der Waals surface area contributed by atoms with Crippen molar-refractivity contribution in [2.24, 2.45) is 0 Å². The van der Waals surface area contributed by atoms with Crippen LogP contribution in [-0.2, 0) is 22.6 Å². The first-order valence-electron chi connectivity index (χ1n) is 15.0. The molecule has 0 aliphatic heterocycles. The van der Waals surface area contributed by atoms with E-state index in [1.165, 1.54) is 0 Å². The van der Waals surface area contributed by atoms with E-state index in [4.69, 9.17) is 19.4 Å². The van der Waals surface area contributed by atoms with E-state index >= 15 is 0 Å². The largest absolute Gasteiger partial charge is 0.474 e. The third-order valence-electron chi connectivity index (χ3n) is 6.56. The minimum absolute atomic E-state index is 0.298. The number of nitrogens with zero attached hydrogens (tertiary/aromatic N) is 4. The van der Waals surface area contributed by atoms with Crippen LogP contribution in [-0.4, -0.2) is 47.7 Å². The van der Waals surface area contributed by atoms with E-state index in [2.05, 4.69) is 37.6 Å². The summed E-state index contributed by atoms with van der Waals surface area (Å²) in [4.78, 5) is 21.4. The lowest BCUT2D eigenvalue weighted by Gasteiger charge is -2.23. The van der Waals surface area contributed by atoms with Crippen LogP contribution in [0.3, 0.4) is 0 Å². The van der Waals surface area contributed by atoms with Crippen LogP contribution in [0.15, 0.2) is 85.3 Å². The van der Waals surface area contributed by atoms with Crippen LogP contribution in [0, 0.1) is 0 Å². The number of aromatic amines is 2. The summed E-state index contributed by atoms with van der Waals surface area (Å²) in [5.74, 6) is 2.98. The highest BCUT2D eigenvalue weighted by atomic mass is 16.6. The predicted octanol–water partition coefficient (Wildman–Crippen LogP) is 6.99. The van der Waals surface area contributed by atoms with E-state index in [9.17, 15) is 4.79 Å². The van der Waals surface area contributed by atoms with Crippen molar-refractivity contribution in [2.75, 3.05) is 0 Å². The summed E-state index contributed by atoms with van der Waals surface area (Å²) in [7, 11) is 0. The number of carbonyl (C=O) groups is 1. The number of carbonyl (C=O) groups excluding carboxylic acids is 1. The Morgan fingerprint density at radius 2 is 1.13 bits per heavy atom. The zero-order chi connectivity index (χ0) is 32.9. The predicted molar refractivity (Wildman–Crippen MR) is 178 cm³/mol. The van der Waals surface area contributed by atoms with Gasteiger partial charge in [-0.15, -0.1) is 0 Å². The van der Waals surface area contributed by atoms with Gasteiger partial charge in [0, 0.05) is 35.3 Å². The second-order valence-electron chi connectivity index (χ2n) is 12.8. The summed E-state index contributed by atoms with van der Waals surface area (Å²) in [5, 5.41) is 20.9. The van der Waals surface area contributed by atoms with Crippen molar-refractivity contribution >= 4 is 6.09 Å². The van der Waals surface area contributed by atoms with Crippen molar-refractivity contribution in [1.29, 1.82) is 0 Å². The van der Waals surface area contributed by atoms with E-state index in [1.807, 2.05) is 114 Å². The Morgan fingerprint density at radius 3 is 1.59 bits per heavy atom. The van der Waals surface area contributed by atoms with Crippen LogP contribution < -0.4 is 10.6 Å². The Kier molecular flexibility index (Phi) is 9.22. The van der Waals surface area contributed by atoms with Crippen molar-refractivity contribution in [2.45, 2.75) is 65.8 Å². The molecule has 11 heteroatoms. The number of ether oxygens (including phenoxy) is 2. The summed E-state index contributed by atoms with van der Waals surface area (Å²) in [6.45, 7) is 16.3. The Labute approximate surface area is 268 Å². The molecule has 5 rings (SSSR count). The maximum absolute atomic E-state index is 11.9. The lowest BCUT2D eigenvalue weighted by molar-refractivity contribution is 0.0410. The number of benzene rings is 3. The number of H-pyrrole nitrogens is 2. The molecule has 5 aromatic rings. The van der Waals surface area contributed by atoms with Crippen LogP contribution in [0.4, 0.5) is 4.79 Å². The van der Waals surface area contributed by atoms with Crippen LogP contribution in [0.1, 0.15) is 52.7 Å². The van der Waals surface area contributed by atoms with Gasteiger partial charge >= 0.3 is 6.09 Å². The SMILES string of the molecule is C=C(NCc1ccc(-c2nc(-c3cccc(-c4n[nH]c(-c5ccc(CNC(=O)OC(C)(C)C)cc5)n4)c3)n[nH]2)cc1)OC(C)(C)C. The molecule has 0 saturated carbocycles. The number of hydrogen-bond donors (Lipinski definition) is 4. The van der Waals surface area contributed by atoms with Gasteiger partial charge in [0.05, 0.1) is 0 Å². The first-order chi connectivity index (χ1) is 21.8. The smallest absolute Gasteiger partial charge is 0.407 e. The summed E-state index contributed by atoms with van der Waals surface area (Å²) in [6, 6.07) is 23.6. The van der Waals surface area contributed by atoms with Gasteiger partial charge < -0.3 is 20.1 Å². The van der Waals surface area contributed by atoms with Gasteiger partial charge in [-0.3, -0.25) is 10.2 Å². The molecule has 238 valence electrons. The van der Waals surface area contributed by atoms with Crippen molar-refractivity contribution in [1.82, 2.24) is 41.0 Å². The van der Waals surface area contributed by atoms with Crippen molar-refractivity contribution in [3.8, 4) is 45.6 Å². The van der Waals surface area contributed by atoms with Gasteiger partial charge in [0.1, 0.15) is 11.2 Å². The number of amides is 1. The number of aromatic nitrogens is 6. The second-order valence-corrected chi connectivity index (χ2v) is 12.8. The molecule has 0 radical (unpaired) electrons. The van der Waals surface area contributed by atoms with Gasteiger partial charge in [-0.1, -0.05) is 66.7 Å². The van der Waals surface area contributed by atoms with Crippen LogP contribution in [0.2, 0.25) is 0 Å². The van der Waals surface area contributed by atoms with E-state index in [0.29, 0.717) is 42.3 Å². The molecule has 0 unspecified atom stereocenters. The fourth-order valence-electron chi connectivity index (χ4n) is 4.49.